The first kappa shape index (κ1) is 12.5. The molecule has 1 fully saturated rings. The first-order valence-corrected chi connectivity index (χ1v) is 7.12. The smallest absolute Gasteiger partial charge is 0.131 e. The molecule has 0 radical (unpaired) electrons. The molecule has 0 bridgehead atoms. The molecule has 3 nitrogen and oxygen atoms in total. The van der Waals surface area contributed by atoms with Gasteiger partial charge in [0.15, 0.2) is 0 Å². The van der Waals surface area contributed by atoms with Gasteiger partial charge in [-0.05, 0) is 38.3 Å². The lowest BCUT2D eigenvalue weighted by Crippen LogP contribution is -2.04. The van der Waals surface area contributed by atoms with E-state index in [0.29, 0.717) is 5.92 Å². The molecule has 19 heavy (non-hydrogen) atoms. The maximum absolute atomic E-state index is 6.26. The Bertz CT molecular complexity index is 627. The van der Waals surface area contributed by atoms with Gasteiger partial charge in [0.25, 0.3) is 0 Å². The highest BCUT2D eigenvalue weighted by Crippen LogP contribution is 2.42. The summed E-state index contributed by atoms with van der Waals surface area (Å²) in [5, 5.41) is 0.760. The van der Waals surface area contributed by atoms with Crippen LogP contribution in [0.5, 0.6) is 0 Å². The van der Waals surface area contributed by atoms with E-state index < -0.39 is 0 Å². The summed E-state index contributed by atoms with van der Waals surface area (Å²) >= 11 is 6.20. The highest BCUT2D eigenvalue weighted by Gasteiger charge is 2.30. The zero-order valence-corrected chi connectivity index (χ0v) is 12.0. The number of halogens is 1. The highest BCUT2D eigenvalue weighted by atomic mass is 35.5. The van der Waals surface area contributed by atoms with Crippen molar-refractivity contribution in [1.29, 1.82) is 0 Å². The summed E-state index contributed by atoms with van der Waals surface area (Å²) in [4.78, 5) is 4.76. The number of anilines is 1. The minimum absolute atomic E-state index is 0.594. The van der Waals surface area contributed by atoms with Crippen molar-refractivity contribution in [2.24, 2.45) is 0 Å². The Balaban J connectivity index is 2.11. The van der Waals surface area contributed by atoms with Crippen LogP contribution in [0.3, 0.4) is 0 Å². The molecule has 0 amide bonds. The second kappa shape index (κ2) is 4.57. The number of nitrogens with two attached hydrogens (primary N) is 1. The summed E-state index contributed by atoms with van der Waals surface area (Å²) in [6, 6.07) is 6.00. The first-order valence-electron chi connectivity index (χ1n) is 6.74. The van der Waals surface area contributed by atoms with E-state index in [-0.39, 0.29) is 0 Å². The average molecular weight is 276 g/mol. The number of aryl methyl sites for hydroxylation is 1. The van der Waals surface area contributed by atoms with Crippen molar-refractivity contribution in [1.82, 2.24) is 9.55 Å². The van der Waals surface area contributed by atoms with E-state index in [9.17, 15) is 0 Å². The minimum Gasteiger partial charge on any atom is -0.383 e. The monoisotopic (exact) mass is 275 g/mol. The summed E-state index contributed by atoms with van der Waals surface area (Å²) in [6.07, 6.45) is 2.45. The molecule has 1 saturated carbocycles. The van der Waals surface area contributed by atoms with Gasteiger partial charge in [0, 0.05) is 23.0 Å². The molecular formula is C15H18ClN3. The van der Waals surface area contributed by atoms with Crippen LogP contribution in [-0.4, -0.2) is 9.55 Å². The molecule has 0 saturated heterocycles. The number of imidazole rings is 1. The Labute approximate surface area is 118 Å². The number of nitrogens with zero attached hydrogens (tertiary/aromatic N) is 2. The Hall–Kier alpha value is -1.48. The van der Waals surface area contributed by atoms with E-state index in [1.54, 1.807) is 0 Å². The molecule has 2 aromatic rings. The predicted octanol–water partition coefficient (Wildman–Crippen LogP) is 3.99. The van der Waals surface area contributed by atoms with Crippen molar-refractivity contribution >= 4 is 17.4 Å². The highest BCUT2D eigenvalue weighted by molar-refractivity contribution is 6.31. The van der Waals surface area contributed by atoms with Crippen LogP contribution in [0.25, 0.3) is 11.3 Å². The summed E-state index contributed by atoms with van der Waals surface area (Å²) in [7, 11) is 0. The van der Waals surface area contributed by atoms with E-state index in [2.05, 4.69) is 11.5 Å². The number of hydrogen-bond acceptors (Lipinski definition) is 2. The number of hydrogen-bond donors (Lipinski definition) is 1. The second-order valence-corrected chi connectivity index (χ2v) is 5.59. The summed E-state index contributed by atoms with van der Waals surface area (Å²) in [6.45, 7) is 4.97. The average Bonchev–Trinajstić information content (AvgIpc) is 3.17. The van der Waals surface area contributed by atoms with Gasteiger partial charge in [0.05, 0.1) is 0 Å². The lowest BCUT2D eigenvalue weighted by atomic mass is 10.1. The Kier molecular flexibility index (Phi) is 3.02. The molecule has 2 N–H and O–H groups in total. The quantitative estimate of drug-likeness (QED) is 0.920. The molecule has 3 rings (SSSR count). The fraction of sp³-hybridized carbons (Fsp3) is 0.400. The molecule has 1 aliphatic rings. The Morgan fingerprint density at radius 2 is 2.16 bits per heavy atom. The largest absolute Gasteiger partial charge is 0.383 e. The molecule has 0 atom stereocenters. The standard InChI is InChI=1S/C15H18ClN3/c1-3-19-14(17)13(18-15(19)10-6-7-10)11-5-4-9(2)12(16)8-11/h4-5,8,10H,3,6-7,17H2,1-2H3. The number of benzene rings is 1. The van der Waals surface area contributed by atoms with Gasteiger partial charge in [-0.1, -0.05) is 23.7 Å². The van der Waals surface area contributed by atoms with E-state index >= 15 is 0 Å². The van der Waals surface area contributed by atoms with Gasteiger partial charge < -0.3 is 10.3 Å². The molecule has 0 unspecified atom stereocenters. The fourth-order valence-electron chi connectivity index (χ4n) is 2.42. The lowest BCUT2D eigenvalue weighted by molar-refractivity contribution is 0.708. The van der Waals surface area contributed by atoms with Crippen molar-refractivity contribution in [2.45, 2.75) is 39.2 Å². The van der Waals surface area contributed by atoms with Crippen LogP contribution >= 0.6 is 11.6 Å². The van der Waals surface area contributed by atoms with E-state index in [1.807, 2.05) is 25.1 Å². The topological polar surface area (TPSA) is 43.8 Å². The number of nitrogen functional groups attached to an aromatic ring is 1. The fourth-order valence-corrected chi connectivity index (χ4v) is 2.60. The maximum atomic E-state index is 6.26. The van der Waals surface area contributed by atoms with Gasteiger partial charge in [-0.3, -0.25) is 0 Å². The zero-order valence-electron chi connectivity index (χ0n) is 11.3. The van der Waals surface area contributed by atoms with Crippen LogP contribution < -0.4 is 5.73 Å². The van der Waals surface area contributed by atoms with E-state index in [4.69, 9.17) is 22.3 Å². The molecule has 1 aromatic carbocycles. The van der Waals surface area contributed by atoms with Crippen LogP contribution in [0.2, 0.25) is 5.02 Å². The molecule has 4 heteroatoms. The SMILES string of the molecule is CCn1c(C2CC2)nc(-c2ccc(C)c(Cl)c2)c1N. The third-order valence-electron chi connectivity index (χ3n) is 3.74. The van der Waals surface area contributed by atoms with Gasteiger partial charge in [0.1, 0.15) is 17.3 Å². The van der Waals surface area contributed by atoms with Crippen LogP contribution in [0.4, 0.5) is 5.82 Å². The third-order valence-corrected chi connectivity index (χ3v) is 4.15. The normalized spacial score (nSPS) is 14.9. The van der Waals surface area contributed by atoms with Crippen LogP contribution in [0.1, 0.15) is 37.1 Å². The van der Waals surface area contributed by atoms with Crippen molar-refractivity contribution in [3.05, 3.63) is 34.6 Å². The molecule has 1 heterocycles. The number of aromatic nitrogens is 2. The zero-order chi connectivity index (χ0) is 13.6. The minimum atomic E-state index is 0.594. The predicted molar refractivity (Wildman–Crippen MR) is 79.5 cm³/mol. The van der Waals surface area contributed by atoms with Gasteiger partial charge >= 0.3 is 0 Å². The third kappa shape index (κ3) is 2.12. The van der Waals surface area contributed by atoms with E-state index in [0.717, 1.165) is 40.0 Å². The Morgan fingerprint density at radius 3 is 2.74 bits per heavy atom. The van der Waals surface area contributed by atoms with Gasteiger partial charge in [-0.15, -0.1) is 0 Å². The van der Waals surface area contributed by atoms with Crippen molar-refractivity contribution < 1.29 is 0 Å². The van der Waals surface area contributed by atoms with Crippen LogP contribution in [-0.2, 0) is 6.54 Å². The molecule has 1 aliphatic carbocycles. The molecular weight excluding hydrogens is 258 g/mol. The summed E-state index contributed by atoms with van der Waals surface area (Å²) in [5.74, 6) is 2.48. The molecule has 100 valence electrons. The van der Waals surface area contributed by atoms with Gasteiger partial charge in [-0.2, -0.15) is 0 Å². The first-order chi connectivity index (χ1) is 9.11. The van der Waals surface area contributed by atoms with Gasteiger partial charge in [-0.25, -0.2) is 4.98 Å². The molecule has 1 aromatic heterocycles. The van der Waals surface area contributed by atoms with Crippen molar-refractivity contribution in [2.75, 3.05) is 5.73 Å². The lowest BCUT2D eigenvalue weighted by Gasteiger charge is -2.05. The number of rotatable bonds is 3. The van der Waals surface area contributed by atoms with Crippen LogP contribution in [0, 0.1) is 6.92 Å². The maximum Gasteiger partial charge on any atom is 0.131 e. The summed E-state index contributed by atoms with van der Waals surface area (Å²) < 4.78 is 2.13. The van der Waals surface area contributed by atoms with Crippen LogP contribution in [0.15, 0.2) is 18.2 Å². The Morgan fingerprint density at radius 1 is 1.42 bits per heavy atom. The van der Waals surface area contributed by atoms with Crippen molar-refractivity contribution in [3.63, 3.8) is 0 Å². The van der Waals surface area contributed by atoms with E-state index in [1.165, 1.54) is 12.8 Å². The van der Waals surface area contributed by atoms with Crippen molar-refractivity contribution in [3.8, 4) is 11.3 Å². The summed E-state index contributed by atoms with van der Waals surface area (Å²) in [5.41, 5.74) is 9.20. The van der Waals surface area contributed by atoms with Gasteiger partial charge in [0.2, 0.25) is 0 Å². The second-order valence-electron chi connectivity index (χ2n) is 5.19. The molecule has 0 spiro atoms. The molecule has 0 aliphatic heterocycles.